The lowest BCUT2D eigenvalue weighted by atomic mass is 10.1. The highest BCUT2D eigenvalue weighted by Crippen LogP contribution is 2.16. The third-order valence-corrected chi connectivity index (χ3v) is 2.80. The number of aromatic nitrogens is 1. The number of carbonyl (C=O) groups excluding carboxylic acids is 1. The first-order chi connectivity index (χ1) is 8.65. The van der Waals surface area contributed by atoms with Crippen LogP contribution in [0.4, 0.5) is 0 Å². The fourth-order valence-electron chi connectivity index (χ4n) is 1.87. The molecule has 0 aliphatic rings. The molecule has 0 saturated heterocycles. The molecule has 1 heterocycles. The van der Waals surface area contributed by atoms with Gasteiger partial charge >= 0.3 is 0 Å². The Kier molecular flexibility index (Phi) is 4.10. The van der Waals surface area contributed by atoms with Gasteiger partial charge in [0.05, 0.1) is 0 Å². The first-order valence-corrected chi connectivity index (χ1v) is 6.21. The smallest absolute Gasteiger partial charge is 0.192 e. The van der Waals surface area contributed by atoms with Gasteiger partial charge in [0.1, 0.15) is 11.3 Å². The van der Waals surface area contributed by atoms with Crippen molar-refractivity contribution in [3.8, 4) is 0 Å². The van der Waals surface area contributed by atoms with Crippen LogP contribution in [0.3, 0.4) is 0 Å². The molecule has 0 atom stereocenters. The first-order valence-electron chi connectivity index (χ1n) is 6.21. The number of hydrogen-bond donors (Lipinski definition) is 1. The lowest BCUT2D eigenvalue weighted by Gasteiger charge is -2.03. The monoisotopic (exact) mass is 246 g/mol. The number of benzene rings is 1. The maximum absolute atomic E-state index is 10.8. The Morgan fingerprint density at radius 3 is 3.00 bits per heavy atom. The van der Waals surface area contributed by atoms with Crippen molar-refractivity contribution in [1.29, 1.82) is 0 Å². The quantitative estimate of drug-likeness (QED) is 0.794. The molecule has 1 aromatic heterocycles. The molecule has 1 N–H and O–H groups in total. The van der Waals surface area contributed by atoms with Crippen LogP contribution in [0.1, 0.15) is 24.8 Å². The number of oxazole rings is 1. The van der Waals surface area contributed by atoms with Crippen molar-refractivity contribution in [2.45, 2.75) is 26.7 Å². The van der Waals surface area contributed by atoms with E-state index in [0.717, 1.165) is 30.6 Å². The molecule has 0 amide bonds. The summed E-state index contributed by atoms with van der Waals surface area (Å²) < 4.78 is 5.43. The van der Waals surface area contributed by atoms with Crippen LogP contribution >= 0.6 is 0 Å². The molecule has 18 heavy (non-hydrogen) atoms. The van der Waals surface area contributed by atoms with E-state index < -0.39 is 0 Å². The van der Waals surface area contributed by atoms with Gasteiger partial charge in [-0.2, -0.15) is 0 Å². The second-order valence-electron chi connectivity index (χ2n) is 4.49. The fourth-order valence-corrected chi connectivity index (χ4v) is 1.87. The van der Waals surface area contributed by atoms with Crippen molar-refractivity contribution < 1.29 is 9.21 Å². The van der Waals surface area contributed by atoms with Gasteiger partial charge < -0.3 is 9.73 Å². The average Bonchev–Trinajstić information content (AvgIpc) is 2.67. The lowest BCUT2D eigenvalue weighted by Crippen LogP contribution is -2.20. The van der Waals surface area contributed by atoms with E-state index >= 15 is 0 Å². The molecule has 0 bridgehead atoms. The van der Waals surface area contributed by atoms with Gasteiger partial charge in [-0.05, 0) is 37.6 Å². The van der Waals surface area contributed by atoms with Crippen LogP contribution in [0, 0.1) is 6.92 Å². The Morgan fingerprint density at radius 2 is 2.22 bits per heavy atom. The lowest BCUT2D eigenvalue weighted by molar-refractivity contribution is -0.116. The largest absolute Gasteiger partial charge is 0.441 e. The van der Waals surface area contributed by atoms with Crippen LogP contribution in [-0.2, 0) is 11.2 Å². The number of hydrogen-bond acceptors (Lipinski definition) is 4. The van der Waals surface area contributed by atoms with Crippen molar-refractivity contribution in [2.24, 2.45) is 0 Å². The summed E-state index contributed by atoms with van der Waals surface area (Å²) >= 11 is 0. The van der Waals surface area contributed by atoms with Gasteiger partial charge in [-0.15, -0.1) is 0 Å². The van der Waals surface area contributed by atoms with E-state index in [1.807, 2.05) is 13.0 Å². The van der Waals surface area contributed by atoms with Gasteiger partial charge in [0.2, 0.25) is 0 Å². The minimum absolute atomic E-state index is 0.224. The fraction of sp³-hybridized carbons (Fsp3) is 0.429. The van der Waals surface area contributed by atoms with E-state index in [2.05, 4.69) is 22.4 Å². The predicted molar refractivity (Wildman–Crippen MR) is 70.6 cm³/mol. The van der Waals surface area contributed by atoms with Crippen molar-refractivity contribution >= 4 is 16.9 Å². The second-order valence-corrected chi connectivity index (χ2v) is 4.49. The van der Waals surface area contributed by atoms with E-state index in [1.54, 1.807) is 6.92 Å². The Labute approximate surface area is 106 Å². The van der Waals surface area contributed by atoms with Gasteiger partial charge in [-0.25, -0.2) is 4.98 Å². The van der Waals surface area contributed by atoms with Crippen molar-refractivity contribution in [3.05, 3.63) is 29.7 Å². The SMILES string of the molecule is CC(=O)CCNCCc1ccc2oc(C)nc2c1. The zero-order valence-corrected chi connectivity index (χ0v) is 10.8. The standard InChI is InChI=1S/C14H18N2O2/c1-10(17)5-7-15-8-6-12-3-4-14-13(9-12)16-11(2)18-14/h3-4,9,15H,5-8H2,1-2H3. The van der Waals surface area contributed by atoms with Crippen molar-refractivity contribution in [3.63, 3.8) is 0 Å². The molecule has 4 nitrogen and oxygen atoms in total. The van der Waals surface area contributed by atoms with Gasteiger partial charge in [-0.1, -0.05) is 6.07 Å². The van der Waals surface area contributed by atoms with Crippen LogP contribution in [0.15, 0.2) is 22.6 Å². The van der Waals surface area contributed by atoms with Crippen molar-refractivity contribution in [2.75, 3.05) is 13.1 Å². The van der Waals surface area contributed by atoms with E-state index in [0.29, 0.717) is 12.3 Å². The van der Waals surface area contributed by atoms with Crippen LogP contribution < -0.4 is 5.32 Å². The summed E-state index contributed by atoms with van der Waals surface area (Å²) in [7, 11) is 0. The third-order valence-electron chi connectivity index (χ3n) is 2.80. The highest BCUT2D eigenvalue weighted by molar-refractivity contribution is 5.75. The highest BCUT2D eigenvalue weighted by atomic mass is 16.3. The van der Waals surface area contributed by atoms with E-state index in [9.17, 15) is 4.79 Å². The number of nitrogens with zero attached hydrogens (tertiary/aromatic N) is 1. The Balaban J connectivity index is 1.86. The van der Waals surface area contributed by atoms with E-state index in [4.69, 9.17) is 4.42 Å². The molecule has 2 aromatic rings. The van der Waals surface area contributed by atoms with Gasteiger partial charge in [0.15, 0.2) is 11.5 Å². The molecular weight excluding hydrogens is 228 g/mol. The minimum atomic E-state index is 0.224. The molecule has 0 unspecified atom stereocenters. The van der Waals surface area contributed by atoms with E-state index in [-0.39, 0.29) is 5.78 Å². The molecule has 0 aliphatic heterocycles. The van der Waals surface area contributed by atoms with Crippen LogP contribution in [0.2, 0.25) is 0 Å². The molecule has 0 saturated carbocycles. The Bertz CT molecular complexity index is 546. The van der Waals surface area contributed by atoms with Crippen molar-refractivity contribution in [1.82, 2.24) is 10.3 Å². The predicted octanol–water partition coefficient (Wildman–Crippen LogP) is 2.25. The molecule has 2 rings (SSSR count). The summed E-state index contributed by atoms with van der Waals surface area (Å²) in [5.41, 5.74) is 2.97. The molecule has 0 aliphatic carbocycles. The number of fused-ring (bicyclic) bond motifs is 1. The molecule has 0 fully saturated rings. The van der Waals surface area contributed by atoms with E-state index in [1.165, 1.54) is 5.56 Å². The number of rotatable bonds is 6. The number of Topliss-reactive ketones (excluding diaryl/α,β-unsaturated/α-hetero) is 1. The maximum atomic E-state index is 10.8. The molecular formula is C14H18N2O2. The molecule has 0 spiro atoms. The molecule has 0 radical (unpaired) electrons. The highest BCUT2D eigenvalue weighted by Gasteiger charge is 2.03. The minimum Gasteiger partial charge on any atom is -0.441 e. The zero-order chi connectivity index (χ0) is 13.0. The van der Waals surface area contributed by atoms with Crippen LogP contribution in [0.5, 0.6) is 0 Å². The Hall–Kier alpha value is -1.68. The summed E-state index contributed by atoms with van der Waals surface area (Å²) in [6.45, 7) is 5.09. The zero-order valence-electron chi connectivity index (χ0n) is 10.8. The Morgan fingerprint density at radius 1 is 1.39 bits per heavy atom. The van der Waals surface area contributed by atoms with Gasteiger partial charge in [0, 0.05) is 19.9 Å². The number of ketones is 1. The molecule has 1 aromatic carbocycles. The van der Waals surface area contributed by atoms with Gasteiger partial charge in [-0.3, -0.25) is 4.79 Å². The number of aryl methyl sites for hydroxylation is 1. The van der Waals surface area contributed by atoms with Crippen LogP contribution in [0.25, 0.3) is 11.1 Å². The first kappa shape index (κ1) is 12.8. The second kappa shape index (κ2) is 5.78. The third kappa shape index (κ3) is 3.40. The summed E-state index contributed by atoms with van der Waals surface area (Å²) in [4.78, 5) is 15.1. The van der Waals surface area contributed by atoms with Gasteiger partial charge in [0.25, 0.3) is 0 Å². The summed E-state index contributed by atoms with van der Waals surface area (Å²) in [6.07, 6.45) is 1.53. The number of carbonyl (C=O) groups is 1. The topological polar surface area (TPSA) is 55.1 Å². The normalized spacial score (nSPS) is 11.0. The molecule has 4 heteroatoms. The molecule has 96 valence electrons. The van der Waals surface area contributed by atoms with Crippen LogP contribution in [-0.4, -0.2) is 23.9 Å². The summed E-state index contributed by atoms with van der Waals surface area (Å²) in [6, 6.07) is 6.07. The maximum Gasteiger partial charge on any atom is 0.192 e. The summed E-state index contributed by atoms with van der Waals surface area (Å²) in [5, 5.41) is 3.25. The summed E-state index contributed by atoms with van der Waals surface area (Å²) in [5.74, 6) is 0.920. The average molecular weight is 246 g/mol. The number of nitrogens with one attached hydrogen (secondary N) is 1.